The first-order valence-corrected chi connectivity index (χ1v) is 10.4. The van der Waals surface area contributed by atoms with E-state index in [2.05, 4.69) is 10.3 Å². The number of hydrogen-bond donors (Lipinski definition) is 1. The molecule has 0 unspecified atom stereocenters. The number of carbonyl (C=O) groups is 2. The second-order valence-corrected chi connectivity index (χ2v) is 9.48. The van der Waals surface area contributed by atoms with Crippen molar-refractivity contribution in [3.05, 3.63) is 21.8 Å². The number of ether oxygens (including phenoxy) is 1. The molecule has 7 heteroatoms. The minimum absolute atomic E-state index is 0.112. The summed E-state index contributed by atoms with van der Waals surface area (Å²) >= 11 is 12.1. The van der Waals surface area contributed by atoms with Gasteiger partial charge in [0.25, 0.3) is 5.91 Å². The van der Waals surface area contributed by atoms with Crippen molar-refractivity contribution in [2.75, 3.05) is 11.9 Å². The monoisotopic (exact) mass is 410 g/mol. The highest BCUT2D eigenvalue weighted by atomic mass is 35.5. The second kappa shape index (κ2) is 7.25. The highest BCUT2D eigenvalue weighted by molar-refractivity contribution is 6.37. The Morgan fingerprint density at radius 2 is 1.78 bits per heavy atom. The molecule has 0 atom stereocenters. The van der Waals surface area contributed by atoms with Gasteiger partial charge in [-0.2, -0.15) is 0 Å². The zero-order valence-electron chi connectivity index (χ0n) is 15.4. The normalized spacial score (nSPS) is 31.0. The van der Waals surface area contributed by atoms with Gasteiger partial charge < -0.3 is 10.1 Å². The zero-order chi connectivity index (χ0) is 19.2. The summed E-state index contributed by atoms with van der Waals surface area (Å²) in [5.41, 5.74) is 0.753. The molecule has 27 heavy (non-hydrogen) atoms. The van der Waals surface area contributed by atoms with Gasteiger partial charge in [-0.05, 0) is 74.2 Å². The summed E-state index contributed by atoms with van der Waals surface area (Å²) in [7, 11) is 0. The van der Waals surface area contributed by atoms with Crippen LogP contribution in [0.15, 0.2) is 6.20 Å². The molecule has 1 N–H and O–H groups in total. The van der Waals surface area contributed by atoms with Gasteiger partial charge in [-0.3, -0.25) is 9.59 Å². The van der Waals surface area contributed by atoms with Gasteiger partial charge in [0.1, 0.15) is 0 Å². The van der Waals surface area contributed by atoms with Crippen LogP contribution in [0.1, 0.15) is 50.5 Å². The van der Waals surface area contributed by atoms with Crippen LogP contribution < -0.4 is 5.32 Å². The summed E-state index contributed by atoms with van der Waals surface area (Å²) in [5, 5.41) is 3.29. The molecule has 4 bridgehead atoms. The molecular formula is C20H24Cl2N2O3. The quantitative estimate of drug-likeness (QED) is 0.708. The number of carbonyl (C=O) groups excluding carboxylic acids is 2. The van der Waals surface area contributed by atoms with Crippen molar-refractivity contribution in [3.63, 3.8) is 0 Å². The standard InChI is InChI=1S/C20H24Cl2N2O3/c1-11-15(21)9-23-19(18(11)22)24-16(25)10-27-17(26)8-20-5-12-2-13(6-20)4-14(3-12)7-20/h9,12-14H,2-8,10H2,1H3,(H,23,24,25). The predicted molar refractivity (Wildman–Crippen MR) is 104 cm³/mol. The lowest BCUT2D eigenvalue weighted by molar-refractivity contribution is -0.154. The first-order valence-electron chi connectivity index (χ1n) is 9.60. The van der Waals surface area contributed by atoms with E-state index in [4.69, 9.17) is 27.9 Å². The molecule has 1 aromatic heterocycles. The lowest BCUT2D eigenvalue weighted by Gasteiger charge is -2.56. The van der Waals surface area contributed by atoms with Gasteiger partial charge in [0, 0.05) is 6.20 Å². The minimum atomic E-state index is -0.454. The zero-order valence-corrected chi connectivity index (χ0v) is 16.9. The van der Waals surface area contributed by atoms with Gasteiger partial charge in [-0.25, -0.2) is 4.98 Å². The summed E-state index contributed by atoms with van der Waals surface area (Å²) in [6, 6.07) is 0. The molecule has 0 radical (unpaired) electrons. The van der Waals surface area contributed by atoms with Crippen LogP contribution in [0, 0.1) is 30.1 Å². The Bertz CT molecular complexity index is 745. The molecule has 0 aromatic carbocycles. The third-order valence-electron chi connectivity index (χ3n) is 6.51. The van der Waals surface area contributed by atoms with E-state index in [1.165, 1.54) is 25.5 Å². The number of anilines is 1. The molecule has 1 heterocycles. The van der Waals surface area contributed by atoms with Crippen LogP contribution in [-0.4, -0.2) is 23.5 Å². The summed E-state index contributed by atoms with van der Waals surface area (Å²) < 4.78 is 5.26. The smallest absolute Gasteiger partial charge is 0.306 e. The molecule has 4 aliphatic rings. The molecule has 4 fully saturated rings. The van der Waals surface area contributed by atoms with E-state index in [1.54, 1.807) is 6.92 Å². The number of hydrogen-bond acceptors (Lipinski definition) is 4. The SMILES string of the molecule is Cc1c(Cl)cnc(NC(=O)COC(=O)CC23CC4CC(CC(C4)C2)C3)c1Cl. The fourth-order valence-corrected chi connectivity index (χ4v) is 6.21. The number of aromatic nitrogens is 1. The van der Waals surface area contributed by atoms with Crippen molar-refractivity contribution in [2.45, 2.75) is 51.9 Å². The molecule has 1 aromatic rings. The molecule has 4 aliphatic carbocycles. The van der Waals surface area contributed by atoms with Crippen LogP contribution in [0.25, 0.3) is 0 Å². The number of nitrogens with zero attached hydrogens (tertiary/aromatic N) is 1. The lowest BCUT2D eigenvalue weighted by atomic mass is 9.49. The number of esters is 1. The van der Waals surface area contributed by atoms with Crippen LogP contribution in [0.3, 0.4) is 0 Å². The van der Waals surface area contributed by atoms with Crippen LogP contribution in [0.2, 0.25) is 10.0 Å². The van der Waals surface area contributed by atoms with E-state index >= 15 is 0 Å². The predicted octanol–water partition coefficient (Wildman–Crippen LogP) is 4.79. The Morgan fingerprint density at radius 3 is 2.37 bits per heavy atom. The molecule has 0 saturated heterocycles. The number of pyridine rings is 1. The highest BCUT2D eigenvalue weighted by Gasteiger charge is 2.51. The Kier molecular flexibility index (Phi) is 5.10. The fourth-order valence-electron chi connectivity index (χ4n) is 5.82. The second-order valence-electron chi connectivity index (χ2n) is 8.70. The van der Waals surface area contributed by atoms with Gasteiger partial charge in [0.2, 0.25) is 0 Å². The Labute approximate surface area is 169 Å². The van der Waals surface area contributed by atoms with E-state index < -0.39 is 5.91 Å². The van der Waals surface area contributed by atoms with Crippen molar-refractivity contribution in [1.29, 1.82) is 0 Å². The van der Waals surface area contributed by atoms with E-state index in [0.29, 0.717) is 17.0 Å². The number of halogens is 2. The third-order valence-corrected chi connectivity index (χ3v) is 7.35. The van der Waals surface area contributed by atoms with E-state index in [0.717, 1.165) is 37.0 Å². The van der Waals surface area contributed by atoms with E-state index in [9.17, 15) is 9.59 Å². The van der Waals surface area contributed by atoms with Crippen molar-refractivity contribution < 1.29 is 14.3 Å². The van der Waals surface area contributed by atoms with Gasteiger partial charge in [-0.15, -0.1) is 0 Å². The molecule has 1 amide bonds. The Hall–Kier alpha value is -1.33. The van der Waals surface area contributed by atoms with Gasteiger partial charge in [-0.1, -0.05) is 23.2 Å². The van der Waals surface area contributed by atoms with Crippen LogP contribution in [-0.2, 0) is 14.3 Å². The summed E-state index contributed by atoms with van der Waals surface area (Å²) in [6.07, 6.45) is 9.30. The first kappa shape index (κ1) is 19.0. The number of rotatable bonds is 5. The maximum atomic E-state index is 12.4. The first-order chi connectivity index (χ1) is 12.8. The van der Waals surface area contributed by atoms with Crippen molar-refractivity contribution in [3.8, 4) is 0 Å². The van der Waals surface area contributed by atoms with Gasteiger partial charge >= 0.3 is 5.97 Å². The van der Waals surface area contributed by atoms with E-state index in [1.807, 2.05) is 0 Å². The largest absolute Gasteiger partial charge is 0.456 e. The molecule has 146 valence electrons. The maximum absolute atomic E-state index is 12.4. The molecule has 0 aliphatic heterocycles. The summed E-state index contributed by atoms with van der Waals surface area (Å²) in [5.74, 6) is 1.85. The van der Waals surface area contributed by atoms with Gasteiger partial charge in [0.15, 0.2) is 12.4 Å². The highest BCUT2D eigenvalue weighted by Crippen LogP contribution is 2.61. The minimum Gasteiger partial charge on any atom is -0.456 e. The van der Waals surface area contributed by atoms with Crippen molar-refractivity contribution in [2.24, 2.45) is 23.2 Å². The van der Waals surface area contributed by atoms with Crippen molar-refractivity contribution >= 4 is 40.9 Å². The molecule has 5 nitrogen and oxygen atoms in total. The topological polar surface area (TPSA) is 68.3 Å². The van der Waals surface area contributed by atoms with Crippen LogP contribution in [0.5, 0.6) is 0 Å². The average molecular weight is 411 g/mol. The lowest BCUT2D eigenvalue weighted by Crippen LogP contribution is -2.47. The molecular weight excluding hydrogens is 387 g/mol. The molecule has 4 saturated carbocycles. The summed E-state index contributed by atoms with van der Waals surface area (Å²) in [4.78, 5) is 28.5. The number of nitrogens with one attached hydrogen (secondary N) is 1. The molecule has 0 spiro atoms. The number of amides is 1. The van der Waals surface area contributed by atoms with Crippen LogP contribution >= 0.6 is 23.2 Å². The Balaban J connectivity index is 1.29. The third kappa shape index (κ3) is 3.95. The van der Waals surface area contributed by atoms with Crippen LogP contribution in [0.4, 0.5) is 5.82 Å². The fraction of sp³-hybridized carbons (Fsp3) is 0.650. The van der Waals surface area contributed by atoms with Gasteiger partial charge in [0.05, 0.1) is 16.5 Å². The Morgan fingerprint density at radius 1 is 1.19 bits per heavy atom. The molecule has 5 rings (SSSR count). The van der Waals surface area contributed by atoms with E-state index in [-0.39, 0.29) is 28.8 Å². The van der Waals surface area contributed by atoms with Crippen molar-refractivity contribution in [1.82, 2.24) is 4.98 Å². The summed E-state index contributed by atoms with van der Waals surface area (Å²) in [6.45, 7) is 1.42. The maximum Gasteiger partial charge on any atom is 0.306 e. The average Bonchev–Trinajstić information content (AvgIpc) is 2.59.